The van der Waals surface area contributed by atoms with Gasteiger partial charge >= 0.3 is 0 Å². The molecule has 0 spiro atoms. The van der Waals surface area contributed by atoms with Crippen LogP contribution in [0.4, 0.5) is 0 Å². The molecule has 0 aliphatic heterocycles. The second-order valence-corrected chi connectivity index (χ2v) is 5.61. The molecule has 1 heterocycles. The number of hydrogen-bond donors (Lipinski definition) is 1. The van der Waals surface area contributed by atoms with E-state index in [2.05, 4.69) is 56.3 Å². The van der Waals surface area contributed by atoms with Crippen molar-refractivity contribution in [1.29, 1.82) is 0 Å². The molecule has 0 saturated carbocycles. The van der Waals surface area contributed by atoms with E-state index in [4.69, 9.17) is 0 Å². The number of halogens is 1. The lowest BCUT2D eigenvalue weighted by Crippen LogP contribution is -2.11. The van der Waals surface area contributed by atoms with Crippen LogP contribution in [0.25, 0.3) is 0 Å². The number of aromatic nitrogens is 2. The van der Waals surface area contributed by atoms with Crippen molar-refractivity contribution in [3.63, 3.8) is 0 Å². The van der Waals surface area contributed by atoms with Crippen molar-refractivity contribution in [3.8, 4) is 0 Å². The lowest BCUT2D eigenvalue weighted by molar-refractivity contribution is 0.726. The van der Waals surface area contributed by atoms with Crippen molar-refractivity contribution >= 4 is 27.7 Å². The first kappa shape index (κ1) is 13.5. The monoisotopic (exact) mass is 323 g/mol. The second kappa shape index (κ2) is 6.87. The molecule has 0 bridgehead atoms. The molecule has 94 valence electrons. The van der Waals surface area contributed by atoms with Crippen molar-refractivity contribution in [1.82, 2.24) is 15.3 Å². The first-order valence-electron chi connectivity index (χ1n) is 5.72. The van der Waals surface area contributed by atoms with Gasteiger partial charge in [-0.3, -0.25) is 0 Å². The summed E-state index contributed by atoms with van der Waals surface area (Å²) in [5.41, 5.74) is 1.27. The molecule has 0 aliphatic rings. The summed E-state index contributed by atoms with van der Waals surface area (Å²) in [6.45, 7) is 3.98. The van der Waals surface area contributed by atoms with E-state index in [0.717, 1.165) is 27.5 Å². The van der Waals surface area contributed by atoms with Crippen LogP contribution in [0.5, 0.6) is 0 Å². The van der Waals surface area contributed by atoms with E-state index in [0.29, 0.717) is 0 Å². The minimum atomic E-state index is 0.896. The van der Waals surface area contributed by atoms with Crippen LogP contribution in [0.1, 0.15) is 12.5 Å². The van der Waals surface area contributed by atoms with Crippen molar-refractivity contribution < 1.29 is 0 Å². The third-order valence-electron chi connectivity index (χ3n) is 2.34. The Kier molecular flexibility index (Phi) is 5.16. The predicted molar refractivity (Wildman–Crippen MR) is 77.7 cm³/mol. The Labute approximate surface area is 120 Å². The minimum Gasteiger partial charge on any atom is -0.313 e. The van der Waals surface area contributed by atoms with Gasteiger partial charge in [0.2, 0.25) is 0 Å². The zero-order valence-corrected chi connectivity index (χ0v) is 12.5. The van der Waals surface area contributed by atoms with Gasteiger partial charge < -0.3 is 5.32 Å². The zero-order valence-electron chi connectivity index (χ0n) is 10.1. The summed E-state index contributed by atoms with van der Waals surface area (Å²) >= 11 is 5.23. The highest BCUT2D eigenvalue weighted by Crippen LogP contribution is 2.32. The van der Waals surface area contributed by atoms with E-state index in [1.54, 1.807) is 24.3 Å². The van der Waals surface area contributed by atoms with Crippen LogP contribution in [0.15, 0.2) is 51.2 Å². The molecule has 3 nitrogen and oxygen atoms in total. The van der Waals surface area contributed by atoms with Crippen molar-refractivity contribution in [2.45, 2.75) is 23.4 Å². The lowest BCUT2D eigenvalue weighted by atomic mass is 10.2. The SMILES string of the molecule is CCNCc1ccc(Sc2ccncn2)c(Br)c1. The number of rotatable bonds is 5. The maximum absolute atomic E-state index is 4.21. The average molecular weight is 324 g/mol. The zero-order chi connectivity index (χ0) is 12.8. The summed E-state index contributed by atoms with van der Waals surface area (Å²) in [6, 6.07) is 8.30. The molecule has 2 rings (SSSR count). The molecule has 1 aromatic carbocycles. The van der Waals surface area contributed by atoms with Gasteiger partial charge in [0, 0.05) is 22.1 Å². The Morgan fingerprint density at radius 1 is 1.33 bits per heavy atom. The summed E-state index contributed by atoms with van der Waals surface area (Å²) < 4.78 is 1.10. The standard InChI is InChI=1S/C13H14BrN3S/c1-2-15-8-10-3-4-12(11(14)7-10)18-13-5-6-16-9-17-13/h3-7,9,15H,2,8H2,1H3. The maximum atomic E-state index is 4.21. The molecular weight excluding hydrogens is 310 g/mol. The molecule has 0 aliphatic carbocycles. The Balaban J connectivity index is 2.10. The maximum Gasteiger partial charge on any atom is 0.116 e. The van der Waals surface area contributed by atoms with E-state index >= 15 is 0 Å². The third-order valence-corrected chi connectivity index (χ3v) is 4.29. The molecule has 2 aromatic rings. The predicted octanol–water partition coefficient (Wildman–Crippen LogP) is 3.50. The number of benzene rings is 1. The molecule has 0 radical (unpaired) electrons. The molecule has 1 aromatic heterocycles. The largest absolute Gasteiger partial charge is 0.313 e. The van der Waals surface area contributed by atoms with Crippen LogP contribution in [0.3, 0.4) is 0 Å². The lowest BCUT2D eigenvalue weighted by Gasteiger charge is -2.07. The van der Waals surface area contributed by atoms with Gasteiger partial charge in [0.05, 0.1) is 0 Å². The first-order valence-corrected chi connectivity index (χ1v) is 7.33. The van der Waals surface area contributed by atoms with Gasteiger partial charge in [-0.2, -0.15) is 0 Å². The van der Waals surface area contributed by atoms with E-state index in [1.807, 2.05) is 6.07 Å². The fourth-order valence-corrected chi connectivity index (χ4v) is 2.87. The van der Waals surface area contributed by atoms with Crippen molar-refractivity contribution in [2.24, 2.45) is 0 Å². The summed E-state index contributed by atoms with van der Waals surface area (Å²) in [5.74, 6) is 0. The quantitative estimate of drug-likeness (QED) is 0.854. The molecule has 0 amide bonds. The second-order valence-electron chi connectivity index (χ2n) is 3.69. The molecule has 0 saturated heterocycles. The van der Waals surface area contributed by atoms with Gasteiger partial charge in [0.15, 0.2) is 0 Å². The summed E-state index contributed by atoms with van der Waals surface area (Å²) in [6.07, 6.45) is 3.32. The molecule has 0 unspecified atom stereocenters. The van der Waals surface area contributed by atoms with Gasteiger partial charge in [0.25, 0.3) is 0 Å². The topological polar surface area (TPSA) is 37.8 Å². The summed E-state index contributed by atoms with van der Waals surface area (Å²) in [7, 11) is 0. The van der Waals surface area contributed by atoms with Crippen LogP contribution < -0.4 is 5.32 Å². The molecule has 18 heavy (non-hydrogen) atoms. The fraction of sp³-hybridized carbons (Fsp3) is 0.231. The normalized spacial score (nSPS) is 10.6. The van der Waals surface area contributed by atoms with E-state index in [-0.39, 0.29) is 0 Å². The minimum absolute atomic E-state index is 0.896. The Hall–Kier alpha value is -0.910. The van der Waals surface area contributed by atoms with E-state index < -0.39 is 0 Å². The van der Waals surface area contributed by atoms with Crippen LogP contribution in [0, 0.1) is 0 Å². The van der Waals surface area contributed by atoms with E-state index in [1.165, 1.54) is 5.56 Å². The van der Waals surface area contributed by atoms with Crippen LogP contribution in [0.2, 0.25) is 0 Å². The highest BCUT2D eigenvalue weighted by molar-refractivity contribution is 9.10. The Bertz CT molecular complexity index is 505. The smallest absolute Gasteiger partial charge is 0.116 e. The molecule has 1 N–H and O–H groups in total. The highest BCUT2D eigenvalue weighted by atomic mass is 79.9. The van der Waals surface area contributed by atoms with Gasteiger partial charge in [-0.1, -0.05) is 24.8 Å². The van der Waals surface area contributed by atoms with Gasteiger partial charge in [0.1, 0.15) is 11.4 Å². The van der Waals surface area contributed by atoms with Gasteiger partial charge in [-0.05, 0) is 46.2 Å². The van der Waals surface area contributed by atoms with Gasteiger partial charge in [-0.15, -0.1) is 0 Å². The first-order chi connectivity index (χ1) is 8.79. The molecule has 0 fully saturated rings. The van der Waals surface area contributed by atoms with Crippen LogP contribution in [-0.2, 0) is 6.54 Å². The Morgan fingerprint density at radius 3 is 2.89 bits per heavy atom. The number of nitrogens with zero attached hydrogens (tertiary/aromatic N) is 2. The van der Waals surface area contributed by atoms with Gasteiger partial charge in [-0.25, -0.2) is 9.97 Å². The highest BCUT2D eigenvalue weighted by Gasteiger charge is 2.04. The third kappa shape index (κ3) is 3.80. The van der Waals surface area contributed by atoms with Crippen LogP contribution in [-0.4, -0.2) is 16.5 Å². The average Bonchev–Trinajstić information content (AvgIpc) is 2.40. The van der Waals surface area contributed by atoms with E-state index in [9.17, 15) is 0 Å². The number of nitrogens with one attached hydrogen (secondary N) is 1. The van der Waals surface area contributed by atoms with Crippen molar-refractivity contribution in [3.05, 3.63) is 46.8 Å². The summed E-state index contributed by atoms with van der Waals surface area (Å²) in [5, 5.41) is 4.26. The van der Waals surface area contributed by atoms with Crippen molar-refractivity contribution in [2.75, 3.05) is 6.54 Å². The Morgan fingerprint density at radius 2 is 2.22 bits per heavy atom. The molecule has 0 atom stereocenters. The molecule has 5 heteroatoms. The fourth-order valence-electron chi connectivity index (χ4n) is 1.46. The summed E-state index contributed by atoms with van der Waals surface area (Å²) in [4.78, 5) is 9.28. The number of hydrogen-bond acceptors (Lipinski definition) is 4. The molecular formula is C13H14BrN3S. The van der Waals surface area contributed by atoms with Crippen LogP contribution >= 0.6 is 27.7 Å².